The Hall–Kier alpha value is -4.01. The number of primary amides is 1. The molecule has 0 aliphatic carbocycles. The molecule has 0 atom stereocenters. The van der Waals surface area contributed by atoms with Gasteiger partial charge in [0.2, 0.25) is 5.91 Å². The lowest BCUT2D eigenvalue weighted by molar-refractivity contribution is -0.139. The molecule has 0 spiro atoms. The number of nitrogens with zero attached hydrogens (tertiary/aromatic N) is 1. The van der Waals surface area contributed by atoms with E-state index in [1.54, 1.807) is 22.8 Å². The van der Waals surface area contributed by atoms with Gasteiger partial charge in [0, 0.05) is 22.6 Å². The summed E-state index contributed by atoms with van der Waals surface area (Å²) in [6.07, 6.45) is 1.41. The number of hydrogen-bond acceptors (Lipinski definition) is 3. The van der Waals surface area contributed by atoms with E-state index in [9.17, 15) is 22.8 Å². The number of carbonyl (C=O) groups excluding carboxylic acids is 1. The Morgan fingerprint density at radius 1 is 1.06 bits per heavy atom. The third-order valence-electron chi connectivity index (χ3n) is 5.57. The number of carboxylic acid groups (broad SMARTS) is 1. The molecule has 6 nitrogen and oxygen atoms in total. The van der Waals surface area contributed by atoms with Crippen LogP contribution in [0.1, 0.15) is 34.8 Å². The summed E-state index contributed by atoms with van der Waals surface area (Å²) in [5.74, 6) is -5.13. The SMILES string of the molecule is CCCc1cc(OCC(=O)O)c2c3c(C(N)=O)cccc3n(Cc3cc(F)cc(F)c3F)c2c1. The molecule has 4 aromatic rings. The number of carboxylic acids is 1. The number of nitrogens with two attached hydrogens (primary N) is 1. The summed E-state index contributed by atoms with van der Waals surface area (Å²) in [6.45, 7) is 1.09. The van der Waals surface area contributed by atoms with Crippen molar-refractivity contribution >= 4 is 33.7 Å². The zero-order valence-electron chi connectivity index (χ0n) is 18.2. The van der Waals surface area contributed by atoms with Crippen molar-refractivity contribution in [2.24, 2.45) is 5.73 Å². The molecule has 1 aromatic heterocycles. The number of hydrogen-bond donors (Lipinski definition) is 2. The Bertz CT molecular complexity index is 1450. The van der Waals surface area contributed by atoms with Crippen LogP contribution in [0.15, 0.2) is 42.5 Å². The highest BCUT2D eigenvalue weighted by Crippen LogP contribution is 2.39. The quantitative estimate of drug-likeness (QED) is 0.363. The number of fused-ring (bicyclic) bond motifs is 3. The van der Waals surface area contributed by atoms with Gasteiger partial charge >= 0.3 is 5.97 Å². The second-order valence-electron chi connectivity index (χ2n) is 7.93. The number of rotatable bonds is 8. The predicted molar refractivity (Wildman–Crippen MR) is 121 cm³/mol. The summed E-state index contributed by atoms with van der Waals surface area (Å²) in [4.78, 5) is 23.4. The molecule has 0 aliphatic heterocycles. The molecule has 1 amide bonds. The molecule has 3 N–H and O–H groups in total. The summed E-state index contributed by atoms with van der Waals surface area (Å²) in [5.41, 5.74) is 7.27. The van der Waals surface area contributed by atoms with Gasteiger partial charge in [-0.15, -0.1) is 0 Å². The average Bonchev–Trinajstić information content (AvgIpc) is 3.09. The Morgan fingerprint density at radius 2 is 1.82 bits per heavy atom. The van der Waals surface area contributed by atoms with Crippen molar-refractivity contribution < 1.29 is 32.6 Å². The van der Waals surface area contributed by atoms with Crippen LogP contribution in [-0.4, -0.2) is 28.2 Å². The number of carbonyl (C=O) groups is 2. The highest BCUT2D eigenvalue weighted by Gasteiger charge is 2.22. The lowest BCUT2D eigenvalue weighted by Crippen LogP contribution is -2.12. The number of amides is 1. The minimum atomic E-state index is -1.31. The molecule has 0 saturated carbocycles. The number of aromatic nitrogens is 1. The minimum absolute atomic E-state index is 0.149. The molecule has 0 fully saturated rings. The first-order chi connectivity index (χ1) is 16.2. The van der Waals surface area contributed by atoms with Gasteiger partial charge in [-0.1, -0.05) is 19.4 Å². The molecule has 1 heterocycles. The highest BCUT2D eigenvalue weighted by atomic mass is 19.2. The number of aliphatic carboxylic acids is 1. The first-order valence-corrected chi connectivity index (χ1v) is 10.6. The van der Waals surface area contributed by atoms with Crippen LogP contribution >= 0.6 is 0 Å². The molecular formula is C25H21F3N2O4. The van der Waals surface area contributed by atoms with Gasteiger partial charge in [0.1, 0.15) is 11.6 Å². The maximum atomic E-state index is 14.6. The molecule has 4 rings (SSSR count). The van der Waals surface area contributed by atoms with Gasteiger partial charge < -0.3 is 20.1 Å². The topological polar surface area (TPSA) is 94.6 Å². The smallest absolute Gasteiger partial charge is 0.341 e. The first-order valence-electron chi connectivity index (χ1n) is 10.6. The molecule has 0 radical (unpaired) electrons. The van der Waals surface area contributed by atoms with Crippen molar-refractivity contribution in [1.29, 1.82) is 0 Å². The lowest BCUT2D eigenvalue weighted by Gasteiger charge is -2.12. The third kappa shape index (κ3) is 4.16. The first kappa shape index (κ1) is 23.2. The van der Waals surface area contributed by atoms with Gasteiger partial charge in [0.15, 0.2) is 18.2 Å². The van der Waals surface area contributed by atoms with Crippen molar-refractivity contribution in [2.45, 2.75) is 26.3 Å². The molecular weight excluding hydrogens is 449 g/mol. The molecule has 176 valence electrons. The summed E-state index contributed by atoms with van der Waals surface area (Å²) >= 11 is 0. The molecule has 34 heavy (non-hydrogen) atoms. The van der Waals surface area contributed by atoms with Crippen LogP contribution in [0.5, 0.6) is 5.75 Å². The van der Waals surface area contributed by atoms with Crippen LogP contribution in [0.4, 0.5) is 13.2 Å². The summed E-state index contributed by atoms with van der Waals surface area (Å²) in [5, 5.41) is 9.93. The second kappa shape index (κ2) is 9.09. The molecule has 9 heteroatoms. The van der Waals surface area contributed by atoms with Gasteiger partial charge in [0.05, 0.1) is 23.0 Å². The standard InChI is InChI=1S/C25H21F3N2O4/c1-2-4-13-7-19-23(20(8-13)34-12-21(31)32)22-16(25(29)33)5-3-6-18(22)30(19)11-14-9-15(26)10-17(27)24(14)28/h3,5-10H,2,4,11-12H2,1H3,(H2,29,33)(H,31,32). The number of halogens is 3. The van der Waals surface area contributed by atoms with Crippen molar-refractivity contribution in [1.82, 2.24) is 4.57 Å². The van der Waals surface area contributed by atoms with Gasteiger partial charge in [-0.3, -0.25) is 4.79 Å². The van der Waals surface area contributed by atoms with Crippen molar-refractivity contribution in [3.05, 3.63) is 76.6 Å². The fourth-order valence-corrected chi connectivity index (χ4v) is 4.23. The van der Waals surface area contributed by atoms with E-state index in [2.05, 4.69) is 0 Å². The van der Waals surface area contributed by atoms with Crippen molar-refractivity contribution in [2.75, 3.05) is 6.61 Å². The lowest BCUT2D eigenvalue weighted by atomic mass is 10.0. The maximum Gasteiger partial charge on any atom is 0.341 e. The van der Waals surface area contributed by atoms with Crippen LogP contribution in [0.2, 0.25) is 0 Å². The van der Waals surface area contributed by atoms with Crippen molar-refractivity contribution in [3.63, 3.8) is 0 Å². The zero-order valence-corrected chi connectivity index (χ0v) is 18.2. The Balaban J connectivity index is 2.09. The van der Waals surface area contributed by atoms with Crippen LogP contribution in [0.25, 0.3) is 21.8 Å². The molecule has 0 saturated heterocycles. The van der Waals surface area contributed by atoms with Gasteiger partial charge in [0.25, 0.3) is 0 Å². The largest absolute Gasteiger partial charge is 0.481 e. The molecule has 0 aliphatic rings. The number of benzene rings is 3. The van der Waals surface area contributed by atoms with Crippen LogP contribution in [0, 0.1) is 17.5 Å². The minimum Gasteiger partial charge on any atom is -0.481 e. The van der Waals surface area contributed by atoms with Crippen LogP contribution < -0.4 is 10.5 Å². The van der Waals surface area contributed by atoms with Gasteiger partial charge in [-0.05, 0) is 42.3 Å². The van der Waals surface area contributed by atoms with E-state index in [0.717, 1.165) is 18.1 Å². The summed E-state index contributed by atoms with van der Waals surface area (Å²) in [7, 11) is 0. The molecule has 0 bridgehead atoms. The van der Waals surface area contributed by atoms with E-state index in [-0.39, 0.29) is 23.4 Å². The fourth-order valence-electron chi connectivity index (χ4n) is 4.23. The number of aryl methyl sites for hydroxylation is 1. The van der Waals surface area contributed by atoms with Gasteiger partial charge in [-0.25, -0.2) is 18.0 Å². The second-order valence-corrected chi connectivity index (χ2v) is 7.93. The van der Waals surface area contributed by atoms with Gasteiger partial charge in [-0.2, -0.15) is 0 Å². The van der Waals surface area contributed by atoms with E-state index in [1.165, 1.54) is 6.07 Å². The fraction of sp³-hybridized carbons (Fsp3) is 0.200. The monoisotopic (exact) mass is 470 g/mol. The van der Waals surface area contributed by atoms with E-state index in [4.69, 9.17) is 15.6 Å². The van der Waals surface area contributed by atoms with Crippen LogP contribution in [-0.2, 0) is 17.8 Å². The maximum absolute atomic E-state index is 14.6. The highest BCUT2D eigenvalue weighted by molar-refractivity contribution is 6.20. The van der Waals surface area contributed by atoms with E-state index >= 15 is 0 Å². The average molecular weight is 470 g/mol. The number of ether oxygens (including phenoxy) is 1. The molecule has 3 aromatic carbocycles. The van der Waals surface area contributed by atoms with Crippen LogP contribution in [0.3, 0.4) is 0 Å². The predicted octanol–water partition coefficient (Wildman–Crippen LogP) is 4.77. The summed E-state index contributed by atoms with van der Waals surface area (Å²) < 4.78 is 49.5. The molecule has 0 unspecified atom stereocenters. The Kier molecular flexibility index (Phi) is 6.19. The Labute approximate surface area is 192 Å². The third-order valence-corrected chi connectivity index (χ3v) is 5.57. The van der Waals surface area contributed by atoms with E-state index < -0.39 is 35.9 Å². The zero-order chi connectivity index (χ0) is 24.6. The summed E-state index contributed by atoms with van der Waals surface area (Å²) in [6, 6.07) is 9.64. The normalized spacial score (nSPS) is 11.3. The van der Waals surface area contributed by atoms with E-state index in [1.807, 2.05) is 13.0 Å². The van der Waals surface area contributed by atoms with E-state index in [0.29, 0.717) is 34.3 Å². The van der Waals surface area contributed by atoms with Crippen molar-refractivity contribution in [3.8, 4) is 5.75 Å². The Morgan fingerprint density at radius 3 is 2.50 bits per heavy atom.